The van der Waals surface area contributed by atoms with Gasteiger partial charge in [-0.05, 0) is 17.7 Å². The molecule has 0 fully saturated rings. The van der Waals surface area contributed by atoms with Gasteiger partial charge in [-0.1, -0.05) is 29.8 Å². The van der Waals surface area contributed by atoms with Crippen LogP contribution in [-0.4, -0.2) is 9.97 Å². The van der Waals surface area contributed by atoms with E-state index in [4.69, 9.17) is 17.3 Å². The zero-order valence-corrected chi connectivity index (χ0v) is 8.78. The lowest BCUT2D eigenvalue weighted by Gasteiger charge is -2.03. The third-order valence-electron chi connectivity index (χ3n) is 2.06. The number of benzene rings is 1. The Morgan fingerprint density at radius 2 is 2.00 bits per heavy atom. The van der Waals surface area contributed by atoms with Gasteiger partial charge in [0.2, 0.25) is 5.95 Å². The molecule has 0 unspecified atom stereocenters. The summed E-state index contributed by atoms with van der Waals surface area (Å²) in [6.07, 6.45) is 2.32. The fourth-order valence-corrected chi connectivity index (χ4v) is 1.55. The Morgan fingerprint density at radius 1 is 1.20 bits per heavy atom. The average Bonchev–Trinajstić information content (AvgIpc) is 2.22. The van der Waals surface area contributed by atoms with Crippen LogP contribution in [0.1, 0.15) is 11.3 Å². The fourth-order valence-electron chi connectivity index (χ4n) is 1.35. The third kappa shape index (κ3) is 2.44. The van der Waals surface area contributed by atoms with E-state index in [0.717, 1.165) is 16.3 Å². The van der Waals surface area contributed by atoms with Gasteiger partial charge in [0.1, 0.15) is 0 Å². The molecule has 0 aliphatic carbocycles. The predicted molar refractivity (Wildman–Crippen MR) is 60.7 cm³/mol. The maximum Gasteiger partial charge on any atom is 0.220 e. The van der Waals surface area contributed by atoms with Crippen LogP contribution in [-0.2, 0) is 6.42 Å². The maximum absolute atomic E-state index is 6.04. The van der Waals surface area contributed by atoms with Gasteiger partial charge in [0.05, 0.1) is 5.69 Å². The Morgan fingerprint density at radius 3 is 2.73 bits per heavy atom. The van der Waals surface area contributed by atoms with Crippen LogP contribution in [0.3, 0.4) is 0 Å². The smallest absolute Gasteiger partial charge is 0.220 e. The standard InChI is InChI=1S/C11H10ClN3/c12-10-4-2-1-3-8(10)7-9-5-6-14-11(13)15-9/h1-6H,7H2,(H2,13,14,15). The summed E-state index contributed by atoms with van der Waals surface area (Å²) in [5.74, 6) is 0.291. The largest absolute Gasteiger partial charge is 0.368 e. The summed E-state index contributed by atoms with van der Waals surface area (Å²) in [4.78, 5) is 7.96. The highest BCUT2D eigenvalue weighted by Crippen LogP contribution is 2.17. The van der Waals surface area contributed by atoms with Gasteiger partial charge in [0.25, 0.3) is 0 Å². The summed E-state index contributed by atoms with van der Waals surface area (Å²) in [5, 5.41) is 0.745. The molecule has 15 heavy (non-hydrogen) atoms. The Kier molecular flexibility index (Phi) is 2.83. The number of nitrogen functional groups attached to an aromatic ring is 1. The summed E-state index contributed by atoms with van der Waals surface area (Å²) in [5.41, 5.74) is 7.41. The van der Waals surface area contributed by atoms with Crippen LogP contribution in [0.2, 0.25) is 5.02 Å². The number of anilines is 1. The quantitative estimate of drug-likeness (QED) is 0.843. The van der Waals surface area contributed by atoms with Gasteiger partial charge in [0.15, 0.2) is 0 Å². The van der Waals surface area contributed by atoms with E-state index in [2.05, 4.69) is 9.97 Å². The highest BCUT2D eigenvalue weighted by Gasteiger charge is 2.02. The first-order valence-corrected chi connectivity index (χ1v) is 4.94. The van der Waals surface area contributed by atoms with Crippen LogP contribution in [0, 0.1) is 0 Å². The Labute approximate surface area is 92.9 Å². The van der Waals surface area contributed by atoms with Crippen molar-refractivity contribution < 1.29 is 0 Å². The van der Waals surface area contributed by atoms with Crippen molar-refractivity contribution >= 4 is 17.5 Å². The Hall–Kier alpha value is -1.61. The lowest BCUT2D eigenvalue weighted by molar-refractivity contribution is 1.04. The van der Waals surface area contributed by atoms with Crippen molar-refractivity contribution in [3.05, 3.63) is 52.8 Å². The maximum atomic E-state index is 6.04. The molecule has 0 saturated carbocycles. The second kappa shape index (κ2) is 4.28. The molecular formula is C11H10ClN3. The summed E-state index contributed by atoms with van der Waals surface area (Å²) in [6, 6.07) is 9.52. The average molecular weight is 220 g/mol. The molecule has 0 radical (unpaired) electrons. The van der Waals surface area contributed by atoms with E-state index in [1.807, 2.05) is 30.3 Å². The normalized spacial score (nSPS) is 10.2. The molecule has 1 heterocycles. The number of nitrogens with two attached hydrogens (primary N) is 1. The van der Waals surface area contributed by atoms with Gasteiger partial charge in [0, 0.05) is 17.6 Å². The zero-order chi connectivity index (χ0) is 10.7. The van der Waals surface area contributed by atoms with Gasteiger partial charge < -0.3 is 5.73 Å². The molecular weight excluding hydrogens is 210 g/mol. The molecule has 1 aromatic carbocycles. The SMILES string of the molecule is Nc1nccc(Cc2ccccc2Cl)n1. The molecule has 0 aliphatic rings. The number of hydrogen-bond acceptors (Lipinski definition) is 3. The first-order chi connectivity index (χ1) is 7.25. The minimum atomic E-state index is 0.291. The van der Waals surface area contributed by atoms with Crippen molar-refractivity contribution in [2.75, 3.05) is 5.73 Å². The van der Waals surface area contributed by atoms with E-state index in [-0.39, 0.29) is 0 Å². The minimum absolute atomic E-state index is 0.291. The molecule has 2 rings (SSSR count). The van der Waals surface area contributed by atoms with E-state index in [9.17, 15) is 0 Å². The lowest BCUT2D eigenvalue weighted by atomic mass is 10.1. The highest BCUT2D eigenvalue weighted by molar-refractivity contribution is 6.31. The van der Waals surface area contributed by atoms with Crippen LogP contribution in [0.5, 0.6) is 0 Å². The second-order valence-electron chi connectivity index (χ2n) is 3.17. The van der Waals surface area contributed by atoms with E-state index in [1.165, 1.54) is 0 Å². The van der Waals surface area contributed by atoms with E-state index >= 15 is 0 Å². The van der Waals surface area contributed by atoms with Gasteiger partial charge >= 0.3 is 0 Å². The number of hydrogen-bond donors (Lipinski definition) is 1. The summed E-state index contributed by atoms with van der Waals surface area (Å²) >= 11 is 6.04. The second-order valence-corrected chi connectivity index (χ2v) is 3.58. The van der Waals surface area contributed by atoms with Crippen molar-refractivity contribution in [2.24, 2.45) is 0 Å². The van der Waals surface area contributed by atoms with Crippen LogP contribution in [0.25, 0.3) is 0 Å². The molecule has 0 atom stereocenters. The Bertz CT molecular complexity index is 471. The van der Waals surface area contributed by atoms with Crippen molar-refractivity contribution in [1.29, 1.82) is 0 Å². The number of aromatic nitrogens is 2. The fraction of sp³-hybridized carbons (Fsp3) is 0.0909. The predicted octanol–water partition coefficient (Wildman–Crippen LogP) is 2.30. The third-order valence-corrected chi connectivity index (χ3v) is 2.43. The van der Waals surface area contributed by atoms with E-state index in [1.54, 1.807) is 6.20 Å². The number of rotatable bonds is 2. The van der Waals surface area contributed by atoms with Crippen LogP contribution >= 0.6 is 11.6 Å². The molecule has 0 saturated heterocycles. The molecule has 0 aliphatic heterocycles. The topological polar surface area (TPSA) is 51.8 Å². The molecule has 0 amide bonds. The molecule has 4 heteroatoms. The van der Waals surface area contributed by atoms with Gasteiger partial charge in [-0.2, -0.15) is 0 Å². The monoisotopic (exact) mass is 219 g/mol. The molecule has 2 N–H and O–H groups in total. The molecule has 1 aromatic heterocycles. The minimum Gasteiger partial charge on any atom is -0.368 e. The molecule has 0 bridgehead atoms. The van der Waals surface area contributed by atoms with Crippen molar-refractivity contribution in [3.63, 3.8) is 0 Å². The summed E-state index contributed by atoms with van der Waals surface area (Å²) < 4.78 is 0. The number of nitrogens with zero attached hydrogens (tertiary/aromatic N) is 2. The van der Waals surface area contributed by atoms with E-state index < -0.39 is 0 Å². The first kappa shape index (κ1) is 9.93. The summed E-state index contributed by atoms with van der Waals surface area (Å²) in [7, 11) is 0. The number of halogens is 1. The van der Waals surface area contributed by atoms with Crippen molar-refractivity contribution in [2.45, 2.75) is 6.42 Å². The van der Waals surface area contributed by atoms with Crippen molar-refractivity contribution in [1.82, 2.24) is 9.97 Å². The van der Waals surface area contributed by atoms with E-state index in [0.29, 0.717) is 12.4 Å². The van der Waals surface area contributed by atoms with Gasteiger partial charge in [-0.25, -0.2) is 9.97 Å². The highest BCUT2D eigenvalue weighted by atomic mass is 35.5. The van der Waals surface area contributed by atoms with Gasteiger partial charge in [-0.3, -0.25) is 0 Å². The summed E-state index contributed by atoms with van der Waals surface area (Å²) in [6.45, 7) is 0. The van der Waals surface area contributed by atoms with Crippen LogP contribution in [0.15, 0.2) is 36.5 Å². The van der Waals surface area contributed by atoms with Gasteiger partial charge in [-0.15, -0.1) is 0 Å². The van der Waals surface area contributed by atoms with Crippen LogP contribution in [0.4, 0.5) is 5.95 Å². The molecule has 0 spiro atoms. The zero-order valence-electron chi connectivity index (χ0n) is 8.02. The molecule has 76 valence electrons. The molecule has 3 nitrogen and oxygen atoms in total. The first-order valence-electron chi connectivity index (χ1n) is 4.56. The lowest BCUT2D eigenvalue weighted by Crippen LogP contribution is -1.99. The molecule has 2 aromatic rings. The van der Waals surface area contributed by atoms with Crippen molar-refractivity contribution in [3.8, 4) is 0 Å². The van der Waals surface area contributed by atoms with Crippen LogP contribution < -0.4 is 5.73 Å². The Balaban J connectivity index is 2.26.